The molecule has 0 aliphatic heterocycles. The van der Waals surface area contributed by atoms with Crippen LogP contribution in [-0.4, -0.2) is 0 Å². The van der Waals surface area contributed by atoms with Crippen LogP contribution >= 0.6 is 0 Å². The predicted molar refractivity (Wildman–Crippen MR) is 92.0 cm³/mol. The fraction of sp³-hybridized carbons (Fsp3) is 0.182. The zero-order valence-corrected chi connectivity index (χ0v) is 12.5. The van der Waals surface area contributed by atoms with Gasteiger partial charge < -0.3 is 0 Å². The molecule has 1 fully saturated rings. The number of benzene rings is 3. The summed E-state index contributed by atoms with van der Waals surface area (Å²) >= 11 is 0. The van der Waals surface area contributed by atoms with Crippen LogP contribution < -0.4 is 0 Å². The summed E-state index contributed by atoms with van der Waals surface area (Å²) in [5, 5.41) is 0. The van der Waals surface area contributed by atoms with Crippen molar-refractivity contribution in [1.82, 2.24) is 0 Å². The first-order valence-corrected chi connectivity index (χ1v) is 8.21. The highest BCUT2D eigenvalue weighted by Gasteiger charge is 2.40. The van der Waals surface area contributed by atoms with Crippen molar-refractivity contribution in [3.8, 4) is 22.3 Å². The second kappa shape index (κ2) is 4.58. The van der Waals surface area contributed by atoms with E-state index >= 15 is 0 Å². The zero-order chi connectivity index (χ0) is 14.5. The van der Waals surface area contributed by atoms with Crippen LogP contribution in [0.1, 0.15) is 35.8 Å². The van der Waals surface area contributed by atoms with Gasteiger partial charge in [-0.1, -0.05) is 72.8 Å². The van der Waals surface area contributed by atoms with E-state index in [0.717, 1.165) is 5.92 Å². The summed E-state index contributed by atoms with van der Waals surface area (Å²) in [5.74, 6) is 1.44. The molecule has 0 heteroatoms. The van der Waals surface area contributed by atoms with Gasteiger partial charge in [-0.25, -0.2) is 0 Å². The van der Waals surface area contributed by atoms with E-state index in [4.69, 9.17) is 0 Å². The highest BCUT2D eigenvalue weighted by atomic mass is 14.4. The van der Waals surface area contributed by atoms with Crippen molar-refractivity contribution in [3.63, 3.8) is 0 Å². The molecular formula is C22H18. The molecular weight excluding hydrogens is 264 g/mol. The lowest BCUT2D eigenvalue weighted by molar-refractivity contribution is 0.344. The molecule has 0 nitrogen and oxygen atoms in total. The monoisotopic (exact) mass is 282 g/mol. The quantitative estimate of drug-likeness (QED) is 0.514. The van der Waals surface area contributed by atoms with E-state index in [0.29, 0.717) is 5.92 Å². The van der Waals surface area contributed by atoms with Gasteiger partial charge in [-0.2, -0.15) is 0 Å². The first-order valence-electron chi connectivity index (χ1n) is 8.21. The van der Waals surface area contributed by atoms with E-state index < -0.39 is 0 Å². The first kappa shape index (κ1) is 12.2. The molecule has 1 saturated carbocycles. The molecule has 3 aromatic carbocycles. The fourth-order valence-corrected chi connectivity index (χ4v) is 4.35. The Morgan fingerprint density at radius 1 is 0.545 bits per heavy atom. The third kappa shape index (κ3) is 1.58. The van der Waals surface area contributed by atoms with Gasteiger partial charge in [-0.3, -0.25) is 0 Å². The third-order valence-electron chi connectivity index (χ3n) is 5.49. The number of hydrogen-bond acceptors (Lipinski definition) is 0. The molecule has 0 N–H and O–H groups in total. The van der Waals surface area contributed by atoms with Crippen molar-refractivity contribution in [2.24, 2.45) is 0 Å². The molecule has 2 aliphatic carbocycles. The summed E-state index contributed by atoms with van der Waals surface area (Å²) in [7, 11) is 0. The minimum Gasteiger partial charge on any atom is -0.0622 e. The third-order valence-corrected chi connectivity index (χ3v) is 5.49. The van der Waals surface area contributed by atoms with Gasteiger partial charge in [0.1, 0.15) is 0 Å². The topological polar surface area (TPSA) is 0 Å². The molecule has 106 valence electrons. The van der Waals surface area contributed by atoms with Gasteiger partial charge in [0.05, 0.1) is 0 Å². The maximum Gasteiger partial charge on any atom is -0.00803 e. The second-order valence-electron chi connectivity index (χ2n) is 6.51. The Bertz CT molecular complexity index is 831. The predicted octanol–water partition coefficient (Wildman–Crippen LogP) is 6.00. The highest BCUT2D eigenvalue weighted by Crippen LogP contribution is 2.58. The lowest BCUT2D eigenvalue weighted by atomic mass is 9.60. The van der Waals surface area contributed by atoms with Gasteiger partial charge in [-0.15, -0.1) is 0 Å². The van der Waals surface area contributed by atoms with Gasteiger partial charge in [0.2, 0.25) is 0 Å². The minimum absolute atomic E-state index is 0.710. The summed E-state index contributed by atoms with van der Waals surface area (Å²) in [5.41, 5.74) is 8.85. The fourth-order valence-electron chi connectivity index (χ4n) is 4.35. The van der Waals surface area contributed by atoms with E-state index in [9.17, 15) is 0 Å². The molecule has 0 aromatic heterocycles. The van der Waals surface area contributed by atoms with Crippen LogP contribution in [0.3, 0.4) is 0 Å². The van der Waals surface area contributed by atoms with Crippen molar-refractivity contribution in [2.75, 3.05) is 0 Å². The molecule has 3 aromatic rings. The molecule has 0 spiro atoms. The van der Waals surface area contributed by atoms with Crippen molar-refractivity contribution in [1.29, 1.82) is 0 Å². The van der Waals surface area contributed by atoms with Crippen molar-refractivity contribution < 1.29 is 0 Å². The smallest absolute Gasteiger partial charge is 0.00803 e. The average Bonchev–Trinajstić information content (AvgIpc) is 2.55. The minimum atomic E-state index is 0.710. The molecule has 2 atom stereocenters. The first-order chi connectivity index (χ1) is 10.9. The summed E-state index contributed by atoms with van der Waals surface area (Å²) in [6, 6.07) is 26.7. The zero-order valence-electron chi connectivity index (χ0n) is 12.5. The van der Waals surface area contributed by atoms with Crippen LogP contribution in [0.4, 0.5) is 0 Å². The van der Waals surface area contributed by atoms with Crippen LogP contribution in [0.25, 0.3) is 22.3 Å². The molecule has 0 amide bonds. The van der Waals surface area contributed by atoms with Crippen LogP contribution in [-0.2, 0) is 0 Å². The molecule has 0 heterocycles. The van der Waals surface area contributed by atoms with Gasteiger partial charge in [0.15, 0.2) is 0 Å². The van der Waals surface area contributed by atoms with Gasteiger partial charge in [0.25, 0.3) is 0 Å². The lowest BCUT2D eigenvalue weighted by Gasteiger charge is -2.44. The molecule has 0 radical (unpaired) electrons. The summed E-state index contributed by atoms with van der Waals surface area (Å²) in [4.78, 5) is 0. The standard InChI is InChI=1S/C22H18/c1-2-7-15(8-3-1)16-11-6-12-20-18-10-5-4-9-17(18)19-13-14-21(19)22(16)20/h1-12,19,21H,13-14H2. The molecule has 2 aliphatic rings. The number of hydrogen-bond donors (Lipinski definition) is 0. The number of fused-ring (bicyclic) bond motifs is 6. The van der Waals surface area contributed by atoms with Crippen molar-refractivity contribution in [2.45, 2.75) is 24.7 Å². The van der Waals surface area contributed by atoms with Crippen LogP contribution in [0.15, 0.2) is 72.8 Å². The molecule has 22 heavy (non-hydrogen) atoms. The Balaban J connectivity index is 1.81. The maximum atomic E-state index is 2.34. The maximum absolute atomic E-state index is 2.34. The highest BCUT2D eigenvalue weighted by molar-refractivity contribution is 5.84. The summed E-state index contributed by atoms with van der Waals surface area (Å²) < 4.78 is 0. The van der Waals surface area contributed by atoms with E-state index in [2.05, 4.69) is 72.8 Å². The lowest BCUT2D eigenvalue weighted by Crippen LogP contribution is -2.26. The van der Waals surface area contributed by atoms with Crippen molar-refractivity contribution >= 4 is 0 Å². The van der Waals surface area contributed by atoms with E-state index in [1.165, 1.54) is 35.1 Å². The SMILES string of the molecule is c1ccc(-c2cccc3c2C2CCC2c2ccccc2-3)cc1. The van der Waals surface area contributed by atoms with Crippen LogP contribution in [0.2, 0.25) is 0 Å². The van der Waals surface area contributed by atoms with Gasteiger partial charge >= 0.3 is 0 Å². The molecule has 5 rings (SSSR count). The molecule has 2 unspecified atom stereocenters. The van der Waals surface area contributed by atoms with Gasteiger partial charge in [-0.05, 0) is 58.1 Å². The van der Waals surface area contributed by atoms with E-state index in [1.54, 1.807) is 11.1 Å². The van der Waals surface area contributed by atoms with E-state index in [1.807, 2.05) is 0 Å². The normalized spacial score (nSPS) is 21.3. The van der Waals surface area contributed by atoms with E-state index in [-0.39, 0.29) is 0 Å². The Kier molecular flexibility index (Phi) is 2.54. The molecule has 0 bridgehead atoms. The Morgan fingerprint density at radius 2 is 1.23 bits per heavy atom. The summed E-state index contributed by atoms with van der Waals surface area (Å²) in [6.45, 7) is 0. The second-order valence-corrected chi connectivity index (χ2v) is 6.51. The van der Waals surface area contributed by atoms with Crippen molar-refractivity contribution in [3.05, 3.63) is 83.9 Å². The number of rotatable bonds is 1. The average molecular weight is 282 g/mol. The summed E-state index contributed by atoms with van der Waals surface area (Å²) in [6.07, 6.45) is 2.67. The van der Waals surface area contributed by atoms with Gasteiger partial charge in [0, 0.05) is 0 Å². The molecule has 0 saturated heterocycles. The van der Waals surface area contributed by atoms with Crippen LogP contribution in [0, 0.1) is 0 Å². The Hall–Kier alpha value is -2.34. The van der Waals surface area contributed by atoms with Crippen LogP contribution in [0.5, 0.6) is 0 Å². The Labute approximate surface area is 131 Å². The Morgan fingerprint density at radius 3 is 2.05 bits per heavy atom. The largest absolute Gasteiger partial charge is 0.0622 e.